The summed E-state index contributed by atoms with van der Waals surface area (Å²) in [5, 5.41) is 0. The van der Waals surface area contributed by atoms with Crippen LogP contribution in [0, 0.1) is 0 Å². The van der Waals surface area contributed by atoms with Gasteiger partial charge in [-0.1, -0.05) is 0 Å². The van der Waals surface area contributed by atoms with E-state index in [9.17, 15) is 9.59 Å². The Morgan fingerprint density at radius 1 is 1.44 bits per heavy atom. The molecule has 0 radical (unpaired) electrons. The Hall–Kier alpha value is -1.84. The highest BCUT2D eigenvalue weighted by atomic mass is 16.5. The van der Waals surface area contributed by atoms with Crippen LogP contribution in [-0.4, -0.2) is 25.5 Å². The lowest BCUT2D eigenvalue weighted by Crippen LogP contribution is -2.04. The van der Waals surface area contributed by atoms with Gasteiger partial charge in [0, 0.05) is 0 Å². The minimum atomic E-state index is -0.432. The molecule has 1 aliphatic rings. The van der Waals surface area contributed by atoms with Gasteiger partial charge in [0.1, 0.15) is 5.75 Å². The van der Waals surface area contributed by atoms with Crippen molar-refractivity contribution in [3.63, 3.8) is 0 Å². The number of benzene rings is 1. The Bertz CT molecular complexity index is 421. The van der Waals surface area contributed by atoms with Crippen molar-refractivity contribution in [2.24, 2.45) is 0 Å². The van der Waals surface area contributed by atoms with Gasteiger partial charge in [0.05, 0.1) is 24.3 Å². The summed E-state index contributed by atoms with van der Waals surface area (Å²) in [6.07, 6.45) is 2.91. The van der Waals surface area contributed by atoms with Crippen LogP contribution in [0.5, 0.6) is 5.75 Å². The maximum atomic E-state index is 11.3. The zero-order chi connectivity index (χ0) is 11.5. The minimum absolute atomic E-state index is 0.187. The van der Waals surface area contributed by atoms with E-state index >= 15 is 0 Å². The molecule has 1 aromatic carbocycles. The molecule has 0 atom stereocenters. The average Bonchev–Trinajstić information content (AvgIpc) is 3.12. The van der Waals surface area contributed by atoms with Crippen LogP contribution in [-0.2, 0) is 4.74 Å². The third-order valence-electron chi connectivity index (χ3n) is 2.38. The number of methoxy groups -OCH3 is 1. The number of rotatable bonds is 4. The van der Waals surface area contributed by atoms with Crippen LogP contribution in [0.25, 0.3) is 0 Å². The molecule has 0 N–H and O–H groups in total. The van der Waals surface area contributed by atoms with Crippen molar-refractivity contribution in [2.45, 2.75) is 18.9 Å². The SMILES string of the molecule is COC(=O)c1ccc(C=O)c(OC2CC2)c1. The van der Waals surface area contributed by atoms with Gasteiger partial charge in [-0.05, 0) is 31.0 Å². The molecular formula is C12H12O4. The Labute approximate surface area is 93.2 Å². The molecule has 1 saturated carbocycles. The quantitative estimate of drug-likeness (QED) is 0.573. The molecule has 84 valence electrons. The molecule has 0 heterocycles. The fraction of sp³-hybridized carbons (Fsp3) is 0.333. The topological polar surface area (TPSA) is 52.6 Å². The van der Waals surface area contributed by atoms with Gasteiger partial charge in [-0.3, -0.25) is 4.79 Å². The zero-order valence-corrected chi connectivity index (χ0v) is 8.93. The van der Waals surface area contributed by atoms with Crippen LogP contribution in [0.15, 0.2) is 18.2 Å². The summed E-state index contributed by atoms with van der Waals surface area (Å²) in [5.74, 6) is 0.0264. The van der Waals surface area contributed by atoms with Gasteiger partial charge in [0.2, 0.25) is 0 Å². The van der Waals surface area contributed by atoms with Crippen molar-refractivity contribution in [3.8, 4) is 5.75 Å². The highest BCUT2D eigenvalue weighted by Crippen LogP contribution is 2.29. The number of hydrogen-bond donors (Lipinski definition) is 0. The Balaban J connectivity index is 2.29. The van der Waals surface area contributed by atoms with Crippen LogP contribution in [0.1, 0.15) is 33.6 Å². The zero-order valence-electron chi connectivity index (χ0n) is 8.93. The predicted molar refractivity (Wildman–Crippen MR) is 56.8 cm³/mol. The highest BCUT2D eigenvalue weighted by molar-refractivity contribution is 5.91. The van der Waals surface area contributed by atoms with Crippen LogP contribution >= 0.6 is 0 Å². The summed E-state index contributed by atoms with van der Waals surface area (Å²) in [4.78, 5) is 22.1. The molecule has 0 saturated heterocycles. The van der Waals surface area contributed by atoms with E-state index in [4.69, 9.17) is 4.74 Å². The van der Waals surface area contributed by atoms with Crippen molar-refractivity contribution in [1.82, 2.24) is 0 Å². The van der Waals surface area contributed by atoms with Crippen molar-refractivity contribution in [2.75, 3.05) is 7.11 Å². The average molecular weight is 220 g/mol. The van der Waals surface area contributed by atoms with Crippen LogP contribution in [0.2, 0.25) is 0 Å². The van der Waals surface area contributed by atoms with E-state index < -0.39 is 5.97 Å². The normalized spacial score (nSPS) is 14.3. The Kier molecular flexibility index (Phi) is 2.90. The second-order valence-corrected chi connectivity index (χ2v) is 3.68. The highest BCUT2D eigenvalue weighted by Gasteiger charge is 2.25. The molecule has 0 bridgehead atoms. The van der Waals surface area contributed by atoms with Gasteiger partial charge in [-0.15, -0.1) is 0 Å². The van der Waals surface area contributed by atoms with E-state index in [1.54, 1.807) is 18.2 Å². The van der Waals surface area contributed by atoms with E-state index in [-0.39, 0.29) is 6.10 Å². The molecule has 0 aromatic heterocycles. The largest absolute Gasteiger partial charge is 0.490 e. The smallest absolute Gasteiger partial charge is 0.337 e. The van der Waals surface area contributed by atoms with Crippen molar-refractivity contribution in [3.05, 3.63) is 29.3 Å². The monoisotopic (exact) mass is 220 g/mol. The molecule has 0 amide bonds. The summed E-state index contributed by atoms with van der Waals surface area (Å²) < 4.78 is 10.1. The molecule has 16 heavy (non-hydrogen) atoms. The van der Waals surface area contributed by atoms with Crippen molar-refractivity contribution >= 4 is 12.3 Å². The number of carbonyl (C=O) groups is 2. The lowest BCUT2D eigenvalue weighted by Gasteiger charge is -2.08. The molecule has 2 rings (SSSR count). The maximum absolute atomic E-state index is 11.3. The summed E-state index contributed by atoms with van der Waals surface area (Å²) in [6, 6.07) is 4.67. The van der Waals surface area contributed by atoms with Crippen molar-refractivity contribution in [1.29, 1.82) is 0 Å². The number of aldehydes is 1. The minimum Gasteiger partial charge on any atom is -0.490 e. The van der Waals surface area contributed by atoms with Crippen LogP contribution < -0.4 is 4.74 Å². The second-order valence-electron chi connectivity index (χ2n) is 3.68. The lowest BCUT2D eigenvalue weighted by molar-refractivity contribution is 0.0600. The first-order chi connectivity index (χ1) is 7.74. The second kappa shape index (κ2) is 4.35. The van der Waals surface area contributed by atoms with E-state index in [1.165, 1.54) is 7.11 Å². The molecule has 1 aromatic rings. The van der Waals surface area contributed by atoms with Gasteiger partial charge < -0.3 is 9.47 Å². The summed E-state index contributed by atoms with van der Waals surface area (Å²) in [5.41, 5.74) is 0.850. The molecule has 1 fully saturated rings. The molecule has 4 nitrogen and oxygen atoms in total. The molecule has 0 unspecified atom stereocenters. The fourth-order valence-electron chi connectivity index (χ4n) is 1.34. The maximum Gasteiger partial charge on any atom is 0.337 e. The Morgan fingerprint density at radius 3 is 2.75 bits per heavy atom. The summed E-state index contributed by atoms with van der Waals surface area (Å²) >= 11 is 0. The Morgan fingerprint density at radius 2 is 2.19 bits per heavy atom. The van der Waals surface area contributed by atoms with E-state index in [2.05, 4.69) is 4.74 Å². The first kappa shape index (κ1) is 10.7. The first-order valence-corrected chi connectivity index (χ1v) is 5.09. The molecule has 4 heteroatoms. The van der Waals surface area contributed by atoms with Crippen molar-refractivity contribution < 1.29 is 19.1 Å². The standard InChI is InChI=1S/C12H12O4/c1-15-12(14)8-2-3-9(7-13)11(6-8)16-10-4-5-10/h2-3,6-7,10H,4-5H2,1H3. The third-order valence-corrected chi connectivity index (χ3v) is 2.38. The van der Waals surface area contributed by atoms with Gasteiger partial charge in [0.25, 0.3) is 0 Å². The summed E-state index contributed by atoms with van der Waals surface area (Å²) in [6.45, 7) is 0. The number of carbonyl (C=O) groups excluding carboxylic acids is 2. The van der Waals surface area contributed by atoms with Gasteiger partial charge >= 0.3 is 5.97 Å². The number of esters is 1. The number of ether oxygens (including phenoxy) is 2. The molecule has 1 aliphatic carbocycles. The summed E-state index contributed by atoms with van der Waals surface area (Å²) in [7, 11) is 1.32. The van der Waals surface area contributed by atoms with Gasteiger partial charge in [-0.25, -0.2) is 4.79 Å². The first-order valence-electron chi connectivity index (χ1n) is 5.09. The molecular weight excluding hydrogens is 208 g/mol. The van der Waals surface area contributed by atoms with E-state index in [1.807, 2.05) is 0 Å². The van der Waals surface area contributed by atoms with Crippen LogP contribution in [0.3, 0.4) is 0 Å². The van der Waals surface area contributed by atoms with E-state index in [0.29, 0.717) is 16.9 Å². The number of hydrogen-bond acceptors (Lipinski definition) is 4. The lowest BCUT2D eigenvalue weighted by atomic mass is 10.1. The van der Waals surface area contributed by atoms with Crippen LogP contribution in [0.4, 0.5) is 0 Å². The van der Waals surface area contributed by atoms with E-state index in [0.717, 1.165) is 19.1 Å². The molecule has 0 spiro atoms. The fourth-order valence-corrected chi connectivity index (χ4v) is 1.34. The van der Waals surface area contributed by atoms with Gasteiger partial charge in [0.15, 0.2) is 6.29 Å². The molecule has 0 aliphatic heterocycles. The van der Waals surface area contributed by atoms with Gasteiger partial charge in [-0.2, -0.15) is 0 Å². The third kappa shape index (κ3) is 2.21. The predicted octanol–water partition coefficient (Wildman–Crippen LogP) is 1.83.